The van der Waals surface area contributed by atoms with Crippen molar-refractivity contribution in [3.8, 4) is 11.8 Å². The maximum absolute atomic E-state index is 9.91. The Morgan fingerprint density at radius 3 is 1.73 bits per heavy atom. The molecule has 26 heavy (non-hydrogen) atoms. The van der Waals surface area contributed by atoms with E-state index in [0.29, 0.717) is 13.1 Å². The van der Waals surface area contributed by atoms with E-state index < -0.39 is 0 Å². The zero-order valence-electron chi connectivity index (χ0n) is 14.9. The predicted octanol–water partition coefficient (Wildman–Crippen LogP) is 4.96. The van der Waals surface area contributed by atoms with E-state index in [1.165, 1.54) is 11.1 Å². The van der Waals surface area contributed by atoms with Crippen molar-refractivity contribution in [2.75, 3.05) is 7.11 Å². The molecule has 130 valence electrons. The fourth-order valence-corrected chi connectivity index (χ4v) is 3.03. The number of hydrogen-bond donors (Lipinski definition) is 0. The second-order valence-corrected chi connectivity index (χ2v) is 6.18. The van der Waals surface area contributed by atoms with Gasteiger partial charge in [0, 0.05) is 13.1 Å². The first-order valence-electron chi connectivity index (χ1n) is 8.65. The van der Waals surface area contributed by atoms with Gasteiger partial charge in [0.1, 0.15) is 11.8 Å². The Hall–Kier alpha value is -3.09. The van der Waals surface area contributed by atoms with Crippen LogP contribution in [0.1, 0.15) is 22.7 Å². The molecule has 0 aromatic heterocycles. The van der Waals surface area contributed by atoms with Gasteiger partial charge in [-0.05, 0) is 28.8 Å². The van der Waals surface area contributed by atoms with E-state index in [0.717, 1.165) is 11.3 Å². The minimum absolute atomic E-state index is 0.332. The fourth-order valence-electron chi connectivity index (χ4n) is 3.03. The molecule has 0 aliphatic rings. The van der Waals surface area contributed by atoms with E-state index in [4.69, 9.17) is 4.74 Å². The van der Waals surface area contributed by atoms with Crippen molar-refractivity contribution in [1.82, 2.24) is 4.90 Å². The van der Waals surface area contributed by atoms with E-state index in [9.17, 15) is 5.26 Å². The van der Waals surface area contributed by atoms with Gasteiger partial charge in [-0.25, -0.2) is 0 Å². The van der Waals surface area contributed by atoms with Crippen LogP contribution in [0.25, 0.3) is 0 Å². The number of nitriles is 1. The maximum atomic E-state index is 9.91. The fraction of sp³-hybridized carbons (Fsp3) is 0.174. The van der Waals surface area contributed by atoms with Gasteiger partial charge in [-0.1, -0.05) is 72.8 Å². The number of methoxy groups -OCH3 is 1. The van der Waals surface area contributed by atoms with Crippen molar-refractivity contribution in [2.45, 2.75) is 19.1 Å². The van der Waals surface area contributed by atoms with Crippen molar-refractivity contribution >= 4 is 0 Å². The van der Waals surface area contributed by atoms with Gasteiger partial charge in [-0.2, -0.15) is 5.26 Å². The highest BCUT2D eigenvalue weighted by atomic mass is 16.5. The Bertz CT molecular complexity index is 797. The van der Waals surface area contributed by atoms with Crippen LogP contribution in [0.2, 0.25) is 0 Å². The monoisotopic (exact) mass is 342 g/mol. The summed E-state index contributed by atoms with van der Waals surface area (Å²) in [5.41, 5.74) is 3.36. The lowest BCUT2D eigenvalue weighted by atomic mass is 10.0. The van der Waals surface area contributed by atoms with Crippen LogP contribution in [0.15, 0.2) is 84.9 Å². The SMILES string of the molecule is COc1ccc(C(C#N)N(Cc2ccccc2)Cc2ccccc2)cc1. The molecule has 3 aromatic carbocycles. The van der Waals surface area contributed by atoms with Gasteiger partial charge < -0.3 is 4.74 Å². The number of rotatable bonds is 7. The molecule has 0 aliphatic carbocycles. The third-order valence-corrected chi connectivity index (χ3v) is 4.38. The van der Waals surface area contributed by atoms with Crippen LogP contribution >= 0.6 is 0 Å². The molecule has 0 bridgehead atoms. The summed E-state index contributed by atoms with van der Waals surface area (Å²) in [6, 6.07) is 30.4. The first-order chi connectivity index (χ1) is 12.8. The van der Waals surface area contributed by atoms with E-state index in [2.05, 4.69) is 35.2 Å². The smallest absolute Gasteiger partial charge is 0.124 e. The quantitative estimate of drug-likeness (QED) is 0.609. The second kappa shape index (κ2) is 8.84. The molecule has 0 fully saturated rings. The van der Waals surface area contributed by atoms with Gasteiger partial charge in [-0.3, -0.25) is 4.90 Å². The van der Waals surface area contributed by atoms with Gasteiger partial charge in [0.05, 0.1) is 13.2 Å². The van der Waals surface area contributed by atoms with Crippen LogP contribution in [0, 0.1) is 11.3 Å². The lowest BCUT2D eigenvalue weighted by Gasteiger charge is -2.28. The van der Waals surface area contributed by atoms with Crippen LogP contribution in [0.4, 0.5) is 0 Å². The summed E-state index contributed by atoms with van der Waals surface area (Å²) in [7, 11) is 1.65. The molecule has 1 unspecified atom stereocenters. The van der Waals surface area contributed by atoms with Crippen LogP contribution in [0.5, 0.6) is 5.75 Å². The highest BCUT2D eigenvalue weighted by Crippen LogP contribution is 2.26. The molecule has 3 nitrogen and oxygen atoms in total. The Balaban J connectivity index is 1.89. The lowest BCUT2D eigenvalue weighted by molar-refractivity contribution is 0.217. The molecule has 0 spiro atoms. The molecule has 0 saturated carbocycles. The molecule has 0 N–H and O–H groups in total. The Morgan fingerprint density at radius 2 is 1.31 bits per heavy atom. The second-order valence-electron chi connectivity index (χ2n) is 6.18. The van der Waals surface area contributed by atoms with Gasteiger partial charge in [0.15, 0.2) is 0 Å². The topological polar surface area (TPSA) is 36.3 Å². The molecule has 3 aromatic rings. The van der Waals surface area contributed by atoms with Crippen molar-refractivity contribution in [3.63, 3.8) is 0 Å². The highest BCUT2D eigenvalue weighted by molar-refractivity contribution is 5.32. The summed E-state index contributed by atoms with van der Waals surface area (Å²) in [4.78, 5) is 2.20. The van der Waals surface area contributed by atoms with E-state index >= 15 is 0 Å². The normalized spacial score (nSPS) is 11.7. The highest BCUT2D eigenvalue weighted by Gasteiger charge is 2.21. The molecular weight excluding hydrogens is 320 g/mol. The Kier molecular flexibility index (Phi) is 6.03. The zero-order valence-corrected chi connectivity index (χ0v) is 14.9. The zero-order chi connectivity index (χ0) is 18.2. The van der Waals surface area contributed by atoms with E-state index in [1.54, 1.807) is 7.11 Å². The molecule has 0 saturated heterocycles. The van der Waals surface area contributed by atoms with E-state index in [1.807, 2.05) is 60.7 Å². The van der Waals surface area contributed by atoms with Gasteiger partial charge in [0.25, 0.3) is 0 Å². The summed E-state index contributed by atoms with van der Waals surface area (Å²) in [6.07, 6.45) is 0. The predicted molar refractivity (Wildman–Crippen MR) is 103 cm³/mol. The minimum atomic E-state index is -0.332. The van der Waals surface area contributed by atoms with Crippen LogP contribution in [-0.4, -0.2) is 12.0 Å². The Morgan fingerprint density at radius 1 is 0.808 bits per heavy atom. The molecule has 1 atom stereocenters. The van der Waals surface area contributed by atoms with Crippen LogP contribution < -0.4 is 4.74 Å². The summed E-state index contributed by atoms with van der Waals surface area (Å²) in [5.74, 6) is 0.795. The molecule has 0 radical (unpaired) electrons. The summed E-state index contributed by atoms with van der Waals surface area (Å²) >= 11 is 0. The van der Waals surface area contributed by atoms with Crippen LogP contribution in [-0.2, 0) is 13.1 Å². The average Bonchev–Trinajstić information content (AvgIpc) is 2.70. The van der Waals surface area contributed by atoms with E-state index in [-0.39, 0.29) is 6.04 Å². The maximum Gasteiger partial charge on any atom is 0.124 e. The number of nitrogens with zero attached hydrogens (tertiary/aromatic N) is 2. The van der Waals surface area contributed by atoms with Crippen molar-refractivity contribution in [3.05, 3.63) is 102 Å². The van der Waals surface area contributed by atoms with Gasteiger partial charge in [0.2, 0.25) is 0 Å². The Labute approximate surface area is 155 Å². The lowest BCUT2D eigenvalue weighted by Crippen LogP contribution is -2.27. The van der Waals surface area contributed by atoms with Crippen molar-refractivity contribution < 1.29 is 4.74 Å². The average molecular weight is 342 g/mol. The third-order valence-electron chi connectivity index (χ3n) is 4.38. The molecule has 3 rings (SSSR count). The largest absolute Gasteiger partial charge is 0.497 e. The summed E-state index contributed by atoms with van der Waals surface area (Å²) < 4.78 is 5.24. The first-order valence-corrected chi connectivity index (χ1v) is 8.65. The molecular formula is C23H22N2O. The molecule has 0 heterocycles. The van der Waals surface area contributed by atoms with Crippen molar-refractivity contribution in [1.29, 1.82) is 5.26 Å². The number of ether oxygens (including phenoxy) is 1. The summed E-state index contributed by atoms with van der Waals surface area (Å²) in [6.45, 7) is 1.42. The van der Waals surface area contributed by atoms with Crippen molar-refractivity contribution in [2.24, 2.45) is 0 Å². The number of hydrogen-bond acceptors (Lipinski definition) is 3. The van der Waals surface area contributed by atoms with Crippen LogP contribution in [0.3, 0.4) is 0 Å². The number of benzene rings is 3. The molecule has 0 aliphatic heterocycles. The molecule has 3 heteroatoms. The molecule has 0 amide bonds. The summed E-state index contributed by atoms with van der Waals surface area (Å²) in [5, 5.41) is 9.91. The standard InChI is InChI=1S/C23H22N2O/c1-26-22-14-12-21(13-15-22)23(16-24)25(17-19-8-4-2-5-9-19)18-20-10-6-3-7-11-20/h2-15,23H,17-18H2,1H3. The minimum Gasteiger partial charge on any atom is -0.497 e. The first kappa shape index (κ1) is 17.7. The van der Waals surface area contributed by atoms with Gasteiger partial charge >= 0.3 is 0 Å². The third kappa shape index (κ3) is 4.50. The van der Waals surface area contributed by atoms with Gasteiger partial charge in [-0.15, -0.1) is 0 Å².